The molecule has 0 aliphatic carbocycles. The standard InChI is InChI=1S/C18H17FO4/c1-21-16-11-9-14(17(22-2)18(16)23-3)15(20)10-6-12-4-7-13(19)8-5-12/h4-11H,1-3H3/b10-6+. The molecule has 0 atom stereocenters. The van der Waals surface area contributed by atoms with Gasteiger partial charge in [0, 0.05) is 0 Å². The van der Waals surface area contributed by atoms with E-state index in [1.54, 1.807) is 30.3 Å². The fourth-order valence-electron chi connectivity index (χ4n) is 2.13. The minimum Gasteiger partial charge on any atom is -0.493 e. The minimum absolute atomic E-state index is 0.257. The smallest absolute Gasteiger partial charge is 0.204 e. The Balaban J connectivity index is 2.33. The van der Waals surface area contributed by atoms with Crippen LogP contribution in [0.15, 0.2) is 42.5 Å². The Morgan fingerprint density at radius 1 is 0.913 bits per heavy atom. The summed E-state index contributed by atoms with van der Waals surface area (Å²) in [7, 11) is 4.44. The summed E-state index contributed by atoms with van der Waals surface area (Å²) in [4.78, 5) is 12.4. The third-order valence-corrected chi connectivity index (χ3v) is 3.27. The first-order valence-electron chi connectivity index (χ1n) is 6.87. The van der Waals surface area contributed by atoms with Gasteiger partial charge in [-0.2, -0.15) is 0 Å². The van der Waals surface area contributed by atoms with Gasteiger partial charge in [0.25, 0.3) is 0 Å². The zero-order chi connectivity index (χ0) is 16.8. The molecular formula is C18H17FO4. The first-order chi connectivity index (χ1) is 11.1. The van der Waals surface area contributed by atoms with Crippen molar-refractivity contribution >= 4 is 11.9 Å². The van der Waals surface area contributed by atoms with Gasteiger partial charge < -0.3 is 14.2 Å². The van der Waals surface area contributed by atoms with Crippen molar-refractivity contribution in [1.82, 2.24) is 0 Å². The van der Waals surface area contributed by atoms with Crippen molar-refractivity contribution in [3.05, 3.63) is 59.4 Å². The van der Waals surface area contributed by atoms with E-state index in [-0.39, 0.29) is 11.6 Å². The lowest BCUT2D eigenvalue weighted by Gasteiger charge is -2.14. The first-order valence-corrected chi connectivity index (χ1v) is 6.87. The number of carbonyl (C=O) groups excluding carboxylic acids is 1. The Labute approximate surface area is 134 Å². The number of methoxy groups -OCH3 is 3. The Kier molecular flexibility index (Phi) is 5.36. The average Bonchev–Trinajstić information content (AvgIpc) is 2.59. The quantitative estimate of drug-likeness (QED) is 0.601. The van der Waals surface area contributed by atoms with Crippen molar-refractivity contribution in [3.63, 3.8) is 0 Å². The number of carbonyl (C=O) groups is 1. The van der Waals surface area contributed by atoms with Gasteiger partial charge in [0.1, 0.15) is 5.82 Å². The molecule has 0 aromatic heterocycles. The molecule has 2 aromatic rings. The summed E-state index contributed by atoms with van der Waals surface area (Å²) in [6.45, 7) is 0. The van der Waals surface area contributed by atoms with Crippen LogP contribution in [0.25, 0.3) is 6.08 Å². The minimum atomic E-state index is -0.324. The van der Waals surface area contributed by atoms with E-state index in [4.69, 9.17) is 14.2 Å². The number of ketones is 1. The third-order valence-electron chi connectivity index (χ3n) is 3.27. The molecule has 0 amide bonds. The van der Waals surface area contributed by atoms with E-state index in [9.17, 15) is 9.18 Å². The number of rotatable bonds is 6. The largest absolute Gasteiger partial charge is 0.493 e. The second kappa shape index (κ2) is 7.45. The predicted molar refractivity (Wildman–Crippen MR) is 85.9 cm³/mol. The summed E-state index contributed by atoms with van der Waals surface area (Å²) in [5, 5.41) is 0. The van der Waals surface area contributed by atoms with Crippen LogP contribution in [0.1, 0.15) is 15.9 Å². The molecule has 0 saturated carbocycles. The average molecular weight is 316 g/mol. The fraction of sp³-hybridized carbons (Fsp3) is 0.167. The van der Waals surface area contributed by atoms with Crippen molar-refractivity contribution in [3.8, 4) is 17.2 Å². The molecule has 23 heavy (non-hydrogen) atoms. The van der Waals surface area contributed by atoms with Crippen LogP contribution in [-0.2, 0) is 0 Å². The summed E-state index contributed by atoms with van der Waals surface area (Å²) in [6, 6.07) is 9.09. The van der Waals surface area contributed by atoms with Crippen LogP contribution in [-0.4, -0.2) is 27.1 Å². The zero-order valence-corrected chi connectivity index (χ0v) is 13.1. The number of hydrogen-bond acceptors (Lipinski definition) is 4. The van der Waals surface area contributed by atoms with Gasteiger partial charge in [-0.1, -0.05) is 18.2 Å². The Morgan fingerprint density at radius 3 is 2.13 bits per heavy atom. The van der Waals surface area contributed by atoms with Gasteiger partial charge in [0.15, 0.2) is 17.3 Å². The molecule has 5 heteroatoms. The molecule has 4 nitrogen and oxygen atoms in total. The Morgan fingerprint density at radius 2 is 1.57 bits per heavy atom. The van der Waals surface area contributed by atoms with E-state index in [1.807, 2.05) is 0 Å². The fourth-order valence-corrected chi connectivity index (χ4v) is 2.13. The molecule has 0 radical (unpaired) electrons. The second-order valence-corrected chi connectivity index (χ2v) is 4.63. The molecule has 0 N–H and O–H groups in total. The van der Waals surface area contributed by atoms with E-state index in [0.717, 1.165) is 5.56 Å². The van der Waals surface area contributed by atoms with Crippen molar-refractivity contribution in [2.75, 3.05) is 21.3 Å². The van der Waals surface area contributed by atoms with E-state index in [2.05, 4.69) is 0 Å². The molecule has 0 aliphatic heterocycles. The summed E-state index contributed by atoms with van der Waals surface area (Å²) in [5.41, 5.74) is 1.07. The highest BCUT2D eigenvalue weighted by Crippen LogP contribution is 2.39. The Bertz CT molecular complexity index is 721. The van der Waals surface area contributed by atoms with Gasteiger partial charge >= 0.3 is 0 Å². The molecule has 2 rings (SSSR count). The molecule has 120 valence electrons. The van der Waals surface area contributed by atoms with E-state index < -0.39 is 0 Å². The molecule has 0 heterocycles. The summed E-state index contributed by atoms with van der Waals surface area (Å²) >= 11 is 0. The van der Waals surface area contributed by atoms with Gasteiger partial charge in [0.05, 0.1) is 26.9 Å². The molecule has 0 spiro atoms. The van der Waals surface area contributed by atoms with Crippen molar-refractivity contribution < 1.29 is 23.4 Å². The molecule has 0 bridgehead atoms. The highest BCUT2D eigenvalue weighted by Gasteiger charge is 2.19. The van der Waals surface area contributed by atoms with Gasteiger partial charge in [-0.25, -0.2) is 4.39 Å². The van der Waals surface area contributed by atoms with Crippen molar-refractivity contribution in [2.24, 2.45) is 0 Å². The number of hydrogen-bond donors (Lipinski definition) is 0. The van der Waals surface area contributed by atoms with Crippen LogP contribution >= 0.6 is 0 Å². The highest BCUT2D eigenvalue weighted by atomic mass is 19.1. The van der Waals surface area contributed by atoms with Crippen LogP contribution in [0.2, 0.25) is 0 Å². The van der Waals surface area contributed by atoms with Gasteiger partial charge in [0.2, 0.25) is 5.75 Å². The lowest BCUT2D eigenvalue weighted by molar-refractivity contribution is 0.104. The molecule has 0 fully saturated rings. The number of allylic oxidation sites excluding steroid dienone is 1. The van der Waals surface area contributed by atoms with Crippen LogP contribution in [0.5, 0.6) is 17.2 Å². The lowest BCUT2D eigenvalue weighted by Crippen LogP contribution is -2.02. The van der Waals surface area contributed by atoms with Gasteiger partial charge in [-0.15, -0.1) is 0 Å². The van der Waals surface area contributed by atoms with E-state index in [0.29, 0.717) is 22.8 Å². The van der Waals surface area contributed by atoms with Crippen LogP contribution < -0.4 is 14.2 Å². The van der Waals surface area contributed by atoms with Crippen LogP contribution in [0.3, 0.4) is 0 Å². The maximum absolute atomic E-state index is 12.9. The van der Waals surface area contributed by atoms with Gasteiger partial charge in [-0.3, -0.25) is 4.79 Å². The normalized spacial score (nSPS) is 10.6. The Hall–Kier alpha value is -2.82. The van der Waals surface area contributed by atoms with Crippen molar-refractivity contribution in [1.29, 1.82) is 0 Å². The summed E-state index contributed by atoms with van der Waals surface area (Å²) in [5.74, 6) is 0.558. The number of halogens is 1. The monoisotopic (exact) mass is 316 g/mol. The topological polar surface area (TPSA) is 44.8 Å². The molecule has 0 saturated heterocycles. The number of ether oxygens (including phenoxy) is 3. The van der Waals surface area contributed by atoms with Gasteiger partial charge in [-0.05, 0) is 35.9 Å². The van der Waals surface area contributed by atoms with E-state index in [1.165, 1.54) is 39.5 Å². The predicted octanol–water partition coefficient (Wildman–Crippen LogP) is 3.75. The lowest BCUT2D eigenvalue weighted by atomic mass is 10.1. The summed E-state index contributed by atoms with van der Waals surface area (Å²) in [6.07, 6.45) is 3.01. The third kappa shape index (κ3) is 3.69. The zero-order valence-electron chi connectivity index (χ0n) is 13.1. The molecule has 0 unspecified atom stereocenters. The van der Waals surface area contributed by atoms with E-state index >= 15 is 0 Å². The van der Waals surface area contributed by atoms with Crippen molar-refractivity contribution in [2.45, 2.75) is 0 Å². The SMILES string of the molecule is COc1ccc(C(=O)/C=C/c2ccc(F)cc2)c(OC)c1OC. The molecular weight excluding hydrogens is 299 g/mol. The second-order valence-electron chi connectivity index (χ2n) is 4.63. The van der Waals surface area contributed by atoms with Crippen LogP contribution in [0.4, 0.5) is 4.39 Å². The molecule has 2 aromatic carbocycles. The maximum atomic E-state index is 12.9. The first kappa shape index (κ1) is 16.5. The molecule has 0 aliphatic rings. The highest BCUT2D eigenvalue weighted by molar-refractivity contribution is 6.09. The maximum Gasteiger partial charge on any atom is 0.204 e. The number of benzene rings is 2. The summed E-state index contributed by atoms with van der Waals surface area (Å²) < 4.78 is 28.6. The van der Waals surface area contributed by atoms with Crippen LogP contribution in [0, 0.1) is 5.82 Å².